The molecule has 2 nitrogen and oxygen atoms in total. The van der Waals surface area contributed by atoms with Crippen molar-refractivity contribution in [2.45, 2.75) is 132 Å². The first-order chi connectivity index (χ1) is 14.1. The first-order valence-corrected chi connectivity index (χ1v) is 12.6. The van der Waals surface area contributed by atoms with Crippen molar-refractivity contribution in [2.75, 3.05) is 0 Å². The van der Waals surface area contributed by atoms with Gasteiger partial charge in [0, 0.05) is 0 Å². The van der Waals surface area contributed by atoms with Gasteiger partial charge in [-0.15, -0.1) is 0 Å². The van der Waals surface area contributed by atoms with Crippen LogP contribution in [-0.4, -0.2) is 10.7 Å². The third-order valence-corrected chi connectivity index (χ3v) is 7.44. The van der Waals surface area contributed by atoms with E-state index in [1.165, 1.54) is 56.9 Å². The number of rotatable bonds is 12. The van der Waals surface area contributed by atoms with Crippen molar-refractivity contribution in [3.05, 3.63) is 22.8 Å². The number of hydrogen-bond donors (Lipinski definition) is 1. The van der Waals surface area contributed by atoms with Gasteiger partial charge in [-0.3, -0.25) is 0 Å². The van der Waals surface area contributed by atoms with Gasteiger partial charge in [0.25, 0.3) is 0 Å². The van der Waals surface area contributed by atoms with Gasteiger partial charge >= 0.3 is 0 Å². The molecule has 2 heteroatoms. The van der Waals surface area contributed by atoms with Crippen LogP contribution in [-0.2, 0) is 6.42 Å². The molecule has 180 valence electrons. The molecule has 0 aliphatic carbocycles. The van der Waals surface area contributed by atoms with Crippen LogP contribution in [0, 0.1) is 31.6 Å². The van der Waals surface area contributed by atoms with Crippen LogP contribution in [0.5, 0.6) is 11.5 Å². The molecule has 1 heterocycles. The minimum Gasteiger partial charge on any atom is -0.508 e. The van der Waals surface area contributed by atoms with Gasteiger partial charge in [0.2, 0.25) is 0 Å². The molecule has 3 unspecified atom stereocenters. The van der Waals surface area contributed by atoms with E-state index in [-0.39, 0.29) is 13.0 Å². The number of benzene rings is 1. The molecule has 0 amide bonds. The summed E-state index contributed by atoms with van der Waals surface area (Å²) in [5.41, 5.74) is 3.16. The summed E-state index contributed by atoms with van der Waals surface area (Å²) in [6.45, 7) is 15.9. The number of ether oxygens (including phenoxy) is 1. The third kappa shape index (κ3) is 8.70. The highest BCUT2D eigenvalue weighted by atomic mass is 16.5. The number of phenolic OH excluding ortho intramolecular Hbond substituents is 1. The Morgan fingerprint density at radius 1 is 0.903 bits per heavy atom. The average molecular weight is 433 g/mol. The van der Waals surface area contributed by atoms with E-state index in [2.05, 4.69) is 41.5 Å². The first kappa shape index (κ1) is 27.9. The highest BCUT2D eigenvalue weighted by Gasteiger charge is 2.33. The number of fused-ring (bicyclic) bond motifs is 1. The van der Waals surface area contributed by atoms with Gasteiger partial charge in [-0.05, 0) is 87.0 Å². The van der Waals surface area contributed by atoms with Gasteiger partial charge in [-0.25, -0.2) is 0 Å². The highest BCUT2D eigenvalue weighted by molar-refractivity contribution is 5.53. The number of aromatic hydroxyl groups is 1. The maximum atomic E-state index is 10.1. The van der Waals surface area contributed by atoms with Crippen LogP contribution in [0.25, 0.3) is 0 Å². The van der Waals surface area contributed by atoms with Crippen LogP contribution in [0.4, 0.5) is 0 Å². The molecule has 1 aliphatic heterocycles. The minimum atomic E-state index is -0.0637. The van der Waals surface area contributed by atoms with E-state index in [4.69, 9.17) is 4.74 Å². The Balaban J connectivity index is 0.00000480. The molecule has 0 bridgehead atoms. The van der Waals surface area contributed by atoms with E-state index < -0.39 is 0 Å². The zero-order chi connectivity index (χ0) is 22.3. The molecule has 0 fully saturated rings. The van der Waals surface area contributed by atoms with Crippen LogP contribution in [0.15, 0.2) is 6.07 Å². The summed E-state index contributed by atoms with van der Waals surface area (Å²) in [5.74, 6) is 3.98. The standard InChI is InChI=1S/C28H48O2.CH4/c1-20(2)11-8-12-21(3)13-9-14-22(4)15-10-17-28(7)18-16-25-19-26(29)23(5)24(6)27(25)30-28;/h19-22,29H,8-18H2,1-7H3;1H4. The largest absolute Gasteiger partial charge is 0.508 e. The van der Waals surface area contributed by atoms with Crippen molar-refractivity contribution < 1.29 is 9.84 Å². The lowest BCUT2D eigenvalue weighted by molar-refractivity contribution is 0.0514. The molecule has 1 aromatic carbocycles. The van der Waals surface area contributed by atoms with E-state index >= 15 is 0 Å². The Morgan fingerprint density at radius 2 is 1.45 bits per heavy atom. The van der Waals surface area contributed by atoms with Crippen LogP contribution in [0.1, 0.15) is 123 Å². The van der Waals surface area contributed by atoms with Crippen molar-refractivity contribution in [1.82, 2.24) is 0 Å². The number of aryl methyl sites for hydroxylation is 1. The highest BCUT2D eigenvalue weighted by Crippen LogP contribution is 2.42. The summed E-state index contributed by atoms with van der Waals surface area (Å²) >= 11 is 0. The molecule has 3 atom stereocenters. The molecule has 0 saturated carbocycles. The summed E-state index contributed by atoms with van der Waals surface area (Å²) in [4.78, 5) is 0. The van der Waals surface area contributed by atoms with Gasteiger partial charge in [0.05, 0.1) is 0 Å². The van der Waals surface area contributed by atoms with Crippen LogP contribution in [0.2, 0.25) is 0 Å². The van der Waals surface area contributed by atoms with Crippen molar-refractivity contribution in [2.24, 2.45) is 17.8 Å². The van der Waals surface area contributed by atoms with E-state index in [0.717, 1.165) is 53.9 Å². The molecule has 31 heavy (non-hydrogen) atoms. The molecule has 1 aromatic rings. The fourth-order valence-electron chi connectivity index (χ4n) is 4.94. The Morgan fingerprint density at radius 3 is 2.03 bits per heavy atom. The maximum absolute atomic E-state index is 10.1. The Hall–Kier alpha value is -1.18. The molecular weight excluding hydrogens is 380 g/mol. The van der Waals surface area contributed by atoms with Gasteiger partial charge in [-0.1, -0.05) is 80.1 Å². The fourth-order valence-corrected chi connectivity index (χ4v) is 4.94. The van der Waals surface area contributed by atoms with Crippen molar-refractivity contribution in [3.8, 4) is 11.5 Å². The van der Waals surface area contributed by atoms with Crippen molar-refractivity contribution in [3.63, 3.8) is 0 Å². The van der Waals surface area contributed by atoms with Crippen LogP contribution < -0.4 is 4.74 Å². The summed E-state index contributed by atoms with van der Waals surface area (Å²) in [7, 11) is 0. The average Bonchev–Trinajstić information content (AvgIpc) is 2.67. The van der Waals surface area contributed by atoms with Crippen molar-refractivity contribution in [1.29, 1.82) is 0 Å². The molecular formula is C29H52O2. The van der Waals surface area contributed by atoms with Crippen LogP contribution in [0.3, 0.4) is 0 Å². The normalized spacial score (nSPS) is 20.0. The van der Waals surface area contributed by atoms with Gasteiger partial charge in [-0.2, -0.15) is 0 Å². The Kier molecular flexibility index (Phi) is 11.5. The summed E-state index contributed by atoms with van der Waals surface area (Å²) in [6, 6.07) is 1.91. The van der Waals surface area contributed by atoms with Crippen LogP contribution >= 0.6 is 0 Å². The molecule has 0 saturated heterocycles. The van der Waals surface area contributed by atoms with Gasteiger partial charge < -0.3 is 9.84 Å². The zero-order valence-corrected chi connectivity index (χ0v) is 20.9. The fraction of sp³-hybridized carbons (Fsp3) is 0.793. The van der Waals surface area contributed by atoms with Crippen molar-refractivity contribution >= 4 is 0 Å². The zero-order valence-electron chi connectivity index (χ0n) is 20.9. The van der Waals surface area contributed by atoms with E-state index in [0.29, 0.717) is 5.75 Å². The van der Waals surface area contributed by atoms with Gasteiger partial charge in [0.15, 0.2) is 0 Å². The third-order valence-electron chi connectivity index (χ3n) is 7.44. The summed E-state index contributed by atoms with van der Waals surface area (Å²) < 4.78 is 6.52. The second-order valence-electron chi connectivity index (χ2n) is 11.0. The lowest BCUT2D eigenvalue weighted by Gasteiger charge is -2.37. The molecule has 0 spiro atoms. The summed E-state index contributed by atoms with van der Waals surface area (Å²) in [5, 5.41) is 10.1. The maximum Gasteiger partial charge on any atom is 0.126 e. The quantitative estimate of drug-likeness (QED) is 0.356. The second kappa shape index (κ2) is 12.8. The molecule has 1 N–H and O–H groups in total. The minimum absolute atomic E-state index is 0. The topological polar surface area (TPSA) is 29.5 Å². The monoisotopic (exact) mass is 432 g/mol. The predicted octanol–water partition coefficient (Wildman–Crippen LogP) is 9.17. The second-order valence-corrected chi connectivity index (χ2v) is 11.0. The molecule has 0 aromatic heterocycles. The van der Waals surface area contributed by atoms with E-state index in [1.807, 2.05) is 13.0 Å². The molecule has 1 aliphatic rings. The SMILES string of the molecule is C.Cc1c(O)cc2c(c1C)OC(C)(CCCC(C)CCCC(C)CCCC(C)C)CC2. The number of phenols is 1. The predicted molar refractivity (Wildman–Crippen MR) is 136 cm³/mol. The number of hydrogen-bond acceptors (Lipinski definition) is 2. The lowest BCUT2D eigenvalue weighted by Crippen LogP contribution is -2.36. The Labute approximate surface area is 194 Å². The van der Waals surface area contributed by atoms with E-state index in [1.54, 1.807) is 0 Å². The molecule has 0 radical (unpaired) electrons. The Bertz CT molecular complexity index is 663. The first-order valence-electron chi connectivity index (χ1n) is 12.6. The van der Waals surface area contributed by atoms with E-state index in [9.17, 15) is 5.11 Å². The molecule has 2 rings (SSSR count). The lowest BCUT2D eigenvalue weighted by atomic mass is 9.85. The summed E-state index contributed by atoms with van der Waals surface area (Å²) in [6.07, 6.45) is 14.1. The smallest absolute Gasteiger partial charge is 0.126 e. The van der Waals surface area contributed by atoms with Gasteiger partial charge in [0.1, 0.15) is 17.1 Å².